The molecule has 4 aromatic rings. The summed E-state index contributed by atoms with van der Waals surface area (Å²) in [6.45, 7) is 11.2. The second-order valence-electron chi connectivity index (χ2n) is 11.3. The number of aryl methyl sites for hydroxylation is 1. The minimum atomic E-state index is -1.35. The van der Waals surface area contributed by atoms with E-state index in [0.717, 1.165) is 42.4 Å². The number of nitrogens with one attached hydrogen (secondary N) is 1. The van der Waals surface area contributed by atoms with Gasteiger partial charge in [0.05, 0.1) is 12.6 Å². The molecular formula is C30H37N5O4. The van der Waals surface area contributed by atoms with Crippen molar-refractivity contribution in [2.75, 3.05) is 18.4 Å². The fourth-order valence-electron chi connectivity index (χ4n) is 5.05. The molecule has 1 fully saturated rings. The van der Waals surface area contributed by atoms with Crippen LogP contribution in [0.5, 0.6) is 0 Å². The lowest BCUT2D eigenvalue weighted by Crippen LogP contribution is -2.35. The smallest absolute Gasteiger partial charge is 0.257 e. The lowest BCUT2D eigenvalue weighted by atomic mass is 9.87. The molecule has 0 spiro atoms. The third-order valence-corrected chi connectivity index (χ3v) is 7.46. The minimum Gasteiger partial charge on any atom is -0.393 e. The SMILES string of the molecule is CCn1cc(C(O)C(=O)Nc2ccc(C(C)(C)C)cc2)c2cc(-c3noc(CN4CCC(O)CC4)n3)ccc21. The number of rotatable bonds is 7. The molecule has 3 heterocycles. The molecule has 0 aliphatic carbocycles. The van der Waals surface area contributed by atoms with Gasteiger partial charge in [-0.1, -0.05) is 38.1 Å². The summed E-state index contributed by atoms with van der Waals surface area (Å²) in [4.78, 5) is 19.9. The van der Waals surface area contributed by atoms with Gasteiger partial charge in [0.15, 0.2) is 6.10 Å². The molecule has 0 bridgehead atoms. The number of fused-ring (bicyclic) bond motifs is 1. The number of aliphatic hydroxyl groups is 2. The van der Waals surface area contributed by atoms with Crippen LogP contribution < -0.4 is 5.32 Å². The van der Waals surface area contributed by atoms with E-state index in [0.29, 0.717) is 36.1 Å². The summed E-state index contributed by atoms with van der Waals surface area (Å²) in [5, 5.41) is 28.6. The van der Waals surface area contributed by atoms with Crippen molar-refractivity contribution in [3.63, 3.8) is 0 Å². The van der Waals surface area contributed by atoms with Crippen molar-refractivity contribution < 1.29 is 19.5 Å². The Bertz CT molecular complexity index is 1440. The van der Waals surface area contributed by atoms with E-state index >= 15 is 0 Å². The van der Waals surface area contributed by atoms with E-state index < -0.39 is 12.0 Å². The van der Waals surface area contributed by atoms with E-state index in [1.54, 1.807) is 0 Å². The van der Waals surface area contributed by atoms with Crippen molar-refractivity contribution >= 4 is 22.5 Å². The quantitative estimate of drug-likeness (QED) is 0.318. The normalized spacial score (nSPS) is 16.1. The number of piperidine rings is 1. The first-order valence-electron chi connectivity index (χ1n) is 13.6. The number of aromatic nitrogens is 3. The molecule has 2 aromatic heterocycles. The molecule has 5 rings (SSSR count). The first-order valence-corrected chi connectivity index (χ1v) is 13.6. The van der Waals surface area contributed by atoms with Crippen LogP contribution in [0.4, 0.5) is 5.69 Å². The minimum absolute atomic E-state index is 0.0122. The van der Waals surface area contributed by atoms with Crippen LogP contribution in [0.1, 0.15) is 63.7 Å². The van der Waals surface area contributed by atoms with Gasteiger partial charge in [-0.3, -0.25) is 9.69 Å². The van der Waals surface area contributed by atoms with Gasteiger partial charge in [-0.25, -0.2) is 0 Å². The summed E-state index contributed by atoms with van der Waals surface area (Å²) in [6.07, 6.45) is 1.73. The summed E-state index contributed by atoms with van der Waals surface area (Å²) >= 11 is 0. The van der Waals surface area contributed by atoms with Gasteiger partial charge in [0, 0.05) is 53.5 Å². The number of nitrogens with zero attached hydrogens (tertiary/aromatic N) is 4. The van der Waals surface area contributed by atoms with Crippen molar-refractivity contribution in [2.45, 2.75) is 71.2 Å². The Balaban J connectivity index is 1.36. The van der Waals surface area contributed by atoms with Crippen molar-refractivity contribution in [1.82, 2.24) is 19.6 Å². The summed E-state index contributed by atoms with van der Waals surface area (Å²) in [5.41, 5.74) is 3.99. The molecule has 1 unspecified atom stereocenters. The standard InChI is InChI=1S/C30H37N5O4/c1-5-35-17-24(27(37)29(38)31-21-9-7-20(8-10-21)30(2,3)4)23-16-19(6-11-25(23)35)28-32-26(39-33-28)18-34-14-12-22(36)13-15-34/h6-11,16-17,22,27,36-37H,5,12-15,18H2,1-4H3,(H,31,38). The van der Waals surface area contributed by atoms with Crippen LogP contribution in [-0.2, 0) is 23.3 Å². The number of likely N-dealkylation sites (tertiary alicyclic amines) is 1. The number of aliphatic hydroxyl groups excluding tert-OH is 2. The van der Waals surface area contributed by atoms with Gasteiger partial charge in [0.1, 0.15) is 0 Å². The van der Waals surface area contributed by atoms with Crippen molar-refractivity contribution in [3.8, 4) is 11.4 Å². The van der Waals surface area contributed by atoms with Gasteiger partial charge >= 0.3 is 0 Å². The molecule has 1 aliphatic heterocycles. The molecule has 206 valence electrons. The van der Waals surface area contributed by atoms with Crippen LogP contribution in [0, 0.1) is 0 Å². The second-order valence-corrected chi connectivity index (χ2v) is 11.3. The van der Waals surface area contributed by atoms with Crippen molar-refractivity contribution in [1.29, 1.82) is 0 Å². The molecule has 1 aliphatic rings. The van der Waals surface area contributed by atoms with Crippen LogP contribution in [0.15, 0.2) is 53.2 Å². The fourth-order valence-corrected chi connectivity index (χ4v) is 5.05. The zero-order valence-corrected chi connectivity index (χ0v) is 23.0. The van der Waals surface area contributed by atoms with Gasteiger partial charge in [-0.2, -0.15) is 4.98 Å². The molecule has 0 saturated carbocycles. The second kappa shape index (κ2) is 10.9. The molecule has 9 heteroatoms. The lowest BCUT2D eigenvalue weighted by Gasteiger charge is -2.27. The zero-order valence-electron chi connectivity index (χ0n) is 23.0. The highest BCUT2D eigenvalue weighted by molar-refractivity contribution is 5.99. The number of benzene rings is 2. The Morgan fingerprint density at radius 3 is 2.54 bits per heavy atom. The maximum absolute atomic E-state index is 13.1. The summed E-state index contributed by atoms with van der Waals surface area (Å²) in [7, 11) is 0. The molecule has 3 N–H and O–H groups in total. The number of hydrogen-bond acceptors (Lipinski definition) is 7. The molecule has 39 heavy (non-hydrogen) atoms. The Morgan fingerprint density at radius 1 is 1.15 bits per heavy atom. The Labute approximate surface area is 228 Å². The predicted octanol–water partition coefficient (Wildman–Crippen LogP) is 4.64. The highest BCUT2D eigenvalue weighted by atomic mass is 16.5. The highest BCUT2D eigenvalue weighted by Gasteiger charge is 2.24. The molecule has 0 radical (unpaired) electrons. The number of hydrogen-bond donors (Lipinski definition) is 3. The van der Waals surface area contributed by atoms with Crippen LogP contribution in [0.2, 0.25) is 0 Å². The van der Waals surface area contributed by atoms with Crippen LogP contribution in [-0.4, -0.2) is 54.9 Å². The van der Waals surface area contributed by atoms with E-state index in [4.69, 9.17) is 4.52 Å². The molecule has 1 saturated heterocycles. The van der Waals surface area contributed by atoms with E-state index in [-0.39, 0.29) is 11.5 Å². The van der Waals surface area contributed by atoms with Gasteiger partial charge in [0.25, 0.3) is 5.91 Å². The largest absolute Gasteiger partial charge is 0.393 e. The Kier molecular flexibility index (Phi) is 7.57. The van der Waals surface area contributed by atoms with Crippen LogP contribution in [0.25, 0.3) is 22.3 Å². The first-order chi connectivity index (χ1) is 18.6. The molecule has 2 aromatic carbocycles. The van der Waals surface area contributed by atoms with Gasteiger partial charge in [-0.05, 0) is 61.1 Å². The van der Waals surface area contributed by atoms with Gasteiger partial charge < -0.3 is 24.6 Å². The molecule has 1 amide bonds. The fraction of sp³-hybridized carbons (Fsp3) is 0.433. The topological polar surface area (TPSA) is 117 Å². The lowest BCUT2D eigenvalue weighted by molar-refractivity contribution is -0.124. The predicted molar refractivity (Wildman–Crippen MR) is 150 cm³/mol. The maximum atomic E-state index is 13.1. The average molecular weight is 532 g/mol. The van der Waals surface area contributed by atoms with Gasteiger partial charge in [-0.15, -0.1) is 0 Å². The number of anilines is 1. The van der Waals surface area contributed by atoms with Crippen LogP contribution in [0.3, 0.4) is 0 Å². The highest BCUT2D eigenvalue weighted by Crippen LogP contribution is 2.32. The number of carbonyl (C=O) groups excluding carboxylic acids is 1. The van der Waals surface area contributed by atoms with Crippen molar-refractivity contribution in [2.24, 2.45) is 0 Å². The first kappa shape index (κ1) is 27.1. The maximum Gasteiger partial charge on any atom is 0.257 e. The van der Waals surface area contributed by atoms with E-state index in [1.807, 2.05) is 60.2 Å². The molecular weight excluding hydrogens is 494 g/mol. The van der Waals surface area contributed by atoms with Crippen molar-refractivity contribution in [3.05, 3.63) is 65.7 Å². The monoisotopic (exact) mass is 531 g/mol. The van der Waals surface area contributed by atoms with Gasteiger partial charge in [0.2, 0.25) is 11.7 Å². The van der Waals surface area contributed by atoms with E-state index in [1.165, 1.54) is 5.56 Å². The summed E-state index contributed by atoms with van der Waals surface area (Å²) in [5.74, 6) is 0.481. The Hall–Kier alpha value is -3.53. The van der Waals surface area contributed by atoms with Crippen LogP contribution >= 0.6 is 0 Å². The molecule has 1 atom stereocenters. The number of amides is 1. The van der Waals surface area contributed by atoms with E-state index in [2.05, 4.69) is 41.1 Å². The Morgan fingerprint density at radius 2 is 1.87 bits per heavy atom. The summed E-state index contributed by atoms with van der Waals surface area (Å²) < 4.78 is 7.52. The van der Waals surface area contributed by atoms with E-state index in [9.17, 15) is 15.0 Å². The number of carbonyl (C=O) groups is 1. The third-order valence-electron chi connectivity index (χ3n) is 7.46. The molecule has 9 nitrogen and oxygen atoms in total. The summed E-state index contributed by atoms with van der Waals surface area (Å²) in [6, 6.07) is 13.5. The average Bonchev–Trinajstić information content (AvgIpc) is 3.53. The zero-order chi connectivity index (χ0) is 27.7. The third kappa shape index (κ3) is 5.90.